The predicted octanol–water partition coefficient (Wildman–Crippen LogP) is 1.95. The monoisotopic (exact) mass is 257 g/mol. The first kappa shape index (κ1) is 13.6. The summed E-state index contributed by atoms with van der Waals surface area (Å²) < 4.78 is 10.3. The van der Waals surface area contributed by atoms with E-state index in [-0.39, 0.29) is 5.91 Å². The molecule has 1 N–H and O–H groups in total. The van der Waals surface area contributed by atoms with Crippen molar-refractivity contribution in [3.63, 3.8) is 0 Å². The van der Waals surface area contributed by atoms with Gasteiger partial charge in [0.25, 0.3) is 0 Å². The van der Waals surface area contributed by atoms with Crippen LogP contribution in [0.15, 0.2) is 18.2 Å². The maximum Gasteiger partial charge on any atom is 0.238 e. The second-order valence-electron chi connectivity index (χ2n) is 3.51. The molecule has 0 radical (unpaired) electrons. The Labute approximate surface area is 106 Å². The van der Waals surface area contributed by atoms with Crippen LogP contribution in [0.4, 0.5) is 0 Å². The number of nitrogens with one attached hydrogen (secondary N) is 1. The number of hydrogen-bond acceptors (Lipinski definition) is 3. The Morgan fingerprint density at radius 3 is 2.65 bits per heavy atom. The lowest BCUT2D eigenvalue weighted by atomic mass is 10.2. The summed E-state index contributed by atoms with van der Waals surface area (Å²) in [6.07, 6.45) is 0. The third kappa shape index (κ3) is 3.82. The van der Waals surface area contributed by atoms with Crippen LogP contribution in [0.3, 0.4) is 0 Å². The molecule has 0 saturated carbocycles. The average molecular weight is 258 g/mol. The van der Waals surface area contributed by atoms with Crippen LogP contribution in [-0.4, -0.2) is 25.5 Å². The zero-order valence-corrected chi connectivity index (χ0v) is 10.9. The number of hydrogen-bond donors (Lipinski definition) is 1. The van der Waals surface area contributed by atoms with Gasteiger partial charge in [0.05, 0.1) is 14.2 Å². The van der Waals surface area contributed by atoms with Gasteiger partial charge in [-0.3, -0.25) is 4.79 Å². The number of benzene rings is 1. The summed E-state index contributed by atoms with van der Waals surface area (Å²) >= 11 is 5.65. The highest BCUT2D eigenvalue weighted by atomic mass is 35.5. The van der Waals surface area contributed by atoms with E-state index in [1.54, 1.807) is 27.2 Å². The maximum atomic E-state index is 11.3. The zero-order valence-electron chi connectivity index (χ0n) is 10.1. The Kier molecular flexibility index (Phi) is 5.10. The summed E-state index contributed by atoms with van der Waals surface area (Å²) in [5.74, 6) is 1.18. The van der Waals surface area contributed by atoms with E-state index in [4.69, 9.17) is 21.1 Å². The minimum Gasteiger partial charge on any atom is -0.497 e. The molecule has 94 valence electrons. The van der Waals surface area contributed by atoms with Gasteiger partial charge >= 0.3 is 0 Å². The molecule has 0 spiro atoms. The number of methoxy groups -OCH3 is 2. The van der Waals surface area contributed by atoms with Crippen LogP contribution in [0.1, 0.15) is 12.5 Å². The highest BCUT2D eigenvalue weighted by Crippen LogP contribution is 2.24. The van der Waals surface area contributed by atoms with Gasteiger partial charge in [-0.15, -0.1) is 11.6 Å². The molecule has 1 unspecified atom stereocenters. The molecule has 4 nitrogen and oxygen atoms in total. The van der Waals surface area contributed by atoms with Crippen LogP contribution in [0.25, 0.3) is 0 Å². The third-order valence-corrected chi connectivity index (χ3v) is 2.51. The lowest BCUT2D eigenvalue weighted by molar-refractivity contribution is -0.120. The van der Waals surface area contributed by atoms with Gasteiger partial charge < -0.3 is 14.8 Å². The molecule has 0 bridgehead atoms. The lowest BCUT2D eigenvalue weighted by Crippen LogP contribution is -2.29. The van der Waals surface area contributed by atoms with E-state index >= 15 is 0 Å². The van der Waals surface area contributed by atoms with Crippen LogP contribution < -0.4 is 14.8 Å². The summed E-state index contributed by atoms with van der Waals surface area (Å²) in [6.45, 7) is 2.01. The molecule has 1 amide bonds. The summed E-state index contributed by atoms with van der Waals surface area (Å²) in [5.41, 5.74) is 0.874. The molecule has 0 aliphatic heterocycles. The van der Waals surface area contributed by atoms with Crippen LogP contribution in [0.2, 0.25) is 0 Å². The highest BCUT2D eigenvalue weighted by molar-refractivity contribution is 6.30. The normalized spacial score (nSPS) is 11.8. The fourth-order valence-electron chi connectivity index (χ4n) is 1.32. The molecule has 0 aromatic heterocycles. The number of alkyl halides is 1. The molecule has 0 aliphatic rings. The molecule has 5 heteroatoms. The Balaban J connectivity index is 2.74. The smallest absolute Gasteiger partial charge is 0.238 e. The van der Waals surface area contributed by atoms with E-state index in [1.165, 1.54) is 0 Å². The first-order chi connectivity index (χ1) is 8.08. The zero-order chi connectivity index (χ0) is 12.8. The molecule has 0 fully saturated rings. The van der Waals surface area contributed by atoms with Crippen molar-refractivity contribution >= 4 is 17.5 Å². The van der Waals surface area contributed by atoms with Crippen molar-refractivity contribution in [2.75, 3.05) is 14.2 Å². The van der Waals surface area contributed by atoms with Crippen molar-refractivity contribution in [3.8, 4) is 11.5 Å². The van der Waals surface area contributed by atoms with E-state index in [0.717, 1.165) is 5.56 Å². The average Bonchev–Trinajstić information content (AvgIpc) is 2.35. The second-order valence-corrected chi connectivity index (χ2v) is 4.17. The largest absolute Gasteiger partial charge is 0.497 e. The lowest BCUT2D eigenvalue weighted by Gasteiger charge is -2.11. The molecule has 0 heterocycles. The van der Waals surface area contributed by atoms with E-state index in [1.807, 2.05) is 12.1 Å². The van der Waals surface area contributed by atoms with Gasteiger partial charge in [-0.1, -0.05) is 0 Å². The topological polar surface area (TPSA) is 47.6 Å². The van der Waals surface area contributed by atoms with Gasteiger partial charge in [-0.05, 0) is 19.1 Å². The third-order valence-electron chi connectivity index (χ3n) is 2.31. The van der Waals surface area contributed by atoms with Gasteiger partial charge in [0, 0.05) is 18.2 Å². The van der Waals surface area contributed by atoms with Gasteiger partial charge in [0.15, 0.2) is 0 Å². The van der Waals surface area contributed by atoms with E-state index < -0.39 is 5.38 Å². The SMILES string of the molecule is COc1ccc(CNC(=O)C(C)Cl)c(OC)c1. The molecule has 1 aromatic rings. The van der Waals surface area contributed by atoms with E-state index in [2.05, 4.69) is 5.32 Å². The van der Waals surface area contributed by atoms with Gasteiger partial charge in [-0.2, -0.15) is 0 Å². The Morgan fingerprint density at radius 2 is 2.12 bits per heavy atom. The summed E-state index contributed by atoms with van der Waals surface area (Å²) in [6, 6.07) is 5.43. The standard InChI is InChI=1S/C12H16ClNO3/c1-8(13)12(15)14-7-9-4-5-10(16-2)6-11(9)17-3/h4-6,8H,7H2,1-3H3,(H,14,15). The van der Waals surface area contributed by atoms with E-state index in [9.17, 15) is 4.79 Å². The van der Waals surface area contributed by atoms with Crippen molar-refractivity contribution in [2.24, 2.45) is 0 Å². The molecule has 17 heavy (non-hydrogen) atoms. The van der Waals surface area contributed by atoms with Crippen molar-refractivity contribution in [1.82, 2.24) is 5.32 Å². The predicted molar refractivity (Wildman–Crippen MR) is 66.7 cm³/mol. The molecular weight excluding hydrogens is 242 g/mol. The quantitative estimate of drug-likeness (QED) is 0.821. The van der Waals surface area contributed by atoms with Crippen LogP contribution in [0, 0.1) is 0 Å². The van der Waals surface area contributed by atoms with Gasteiger partial charge in [0.2, 0.25) is 5.91 Å². The van der Waals surface area contributed by atoms with Crippen molar-refractivity contribution in [2.45, 2.75) is 18.8 Å². The first-order valence-corrected chi connectivity index (χ1v) is 5.64. The maximum absolute atomic E-state index is 11.3. The number of rotatable bonds is 5. The van der Waals surface area contributed by atoms with Crippen molar-refractivity contribution in [3.05, 3.63) is 23.8 Å². The minimum absolute atomic E-state index is 0.204. The van der Waals surface area contributed by atoms with Crippen LogP contribution >= 0.6 is 11.6 Å². The molecule has 0 aliphatic carbocycles. The highest BCUT2D eigenvalue weighted by Gasteiger charge is 2.10. The van der Waals surface area contributed by atoms with Crippen molar-refractivity contribution < 1.29 is 14.3 Å². The number of carbonyl (C=O) groups is 1. The second kappa shape index (κ2) is 6.35. The fourth-order valence-corrected chi connectivity index (χ4v) is 1.40. The van der Waals surface area contributed by atoms with Gasteiger partial charge in [0.1, 0.15) is 16.9 Å². The Bertz CT molecular complexity index is 393. The Morgan fingerprint density at radius 1 is 1.41 bits per heavy atom. The number of ether oxygens (including phenoxy) is 2. The van der Waals surface area contributed by atoms with Gasteiger partial charge in [-0.25, -0.2) is 0 Å². The fraction of sp³-hybridized carbons (Fsp3) is 0.417. The van der Waals surface area contributed by atoms with Crippen LogP contribution in [0.5, 0.6) is 11.5 Å². The molecule has 0 saturated heterocycles. The minimum atomic E-state index is -0.542. The number of halogens is 1. The molecular formula is C12H16ClNO3. The van der Waals surface area contributed by atoms with E-state index in [0.29, 0.717) is 18.0 Å². The first-order valence-electron chi connectivity index (χ1n) is 5.21. The summed E-state index contributed by atoms with van der Waals surface area (Å²) in [5, 5.41) is 2.18. The summed E-state index contributed by atoms with van der Waals surface area (Å²) in [7, 11) is 3.16. The Hall–Kier alpha value is -1.42. The molecule has 1 atom stereocenters. The molecule has 1 aromatic carbocycles. The van der Waals surface area contributed by atoms with Crippen LogP contribution in [-0.2, 0) is 11.3 Å². The summed E-state index contributed by atoms with van der Waals surface area (Å²) in [4.78, 5) is 11.3. The molecule has 1 rings (SSSR count). The number of amides is 1. The van der Waals surface area contributed by atoms with Crippen molar-refractivity contribution in [1.29, 1.82) is 0 Å². The number of carbonyl (C=O) groups excluding carboxylic acids is 1.